The van der Waals surface area contributed by atoms with Crippen LogP contribution in [0.2, 0.25) is 0 Å². The van der Waals surface area contributed by atoms with Crippen LogP contribution in [0.3, 0.4) is 0 Å². The Morgan fingerprint density at radius 2 is 1.95 bits per heavy atom. The number of aryl methyl sites for hydroxylation is 1. The van der Waals surface area contributed by atoms with Crippen LogP contribution in [0, 0.1) is 5.92 Å². The van der Waals surface area contributed by atoms with Crippen molar-refractivity contribution in [3.05, 3.63) is 35.9 Å². The molecule has 1 amide bonds. The Bertz CT molecular complexity index is 426. The topological polar surface area (TPSA) is 46.3 Å². The van der Waals surface area contributed by atoms with Crippen LogP contribution in [0.4, 0.5) is 0 Å². The SMILES string of the molecule is CC(C)CN(C(=O)C(N)CCc1ccccc1)C1CC1. The highest BCUT2D eigenvalue weighted by atomic mass is 16.2. The number of benzene rings is 1. The molecule has 0 aromatic heterocycles. The smallest absolute Gasteiger partial charge is 0.239 e. The van der Waals surface area contributed by atoms with E-state index in [4.69, 9.17) is 5.73 Å². The van der Waals surface area contributed by atoms with Crippen LogP contribution in [0.25, 0.3) is 0 Å². The van der Waals surface area contributed by atoms with Crippen molar-refractivity contribution in [2.45, 2.75) is 51.6 Å². The van der Waals surface area contributed by atoms with Crippen LogP contribution in [0.5, 0.6) is 0 Å². The van der Waals surface area contributed by atoms with Gasteiger partial charge in [-0.15, -0.1) is 0 Å². The first kappa shape index (κ1) is 15.0. The van der Waals surface area contributed by atoms with E-state index in [1.807, 2.05) is 23.1 Å². The molecule has 1 saturated carbocycles. The third-order valence-corrected chi connectivity index (χ3v) is 3.74. The highest BCUT2D eigenvalue weighted by Crippen LogP contribution is 2.28. The summed E-state index contributed by atoms with van der Waals surface area (Å²) in [6.07, 6.45) is 3.88. The maximum atomic E-state index is 12.5. The fourth-order valence-electron chi connectivity index (χ4n) is 2.50. The van der Waals surface area contributed by atoms with Gasteiger partial charge in [-0.05, 0) is 37.2 Å². The number of rotatable bonds is 7. The average Bonchev–Trinajstić information content (AvgIpc) is 3.27. The molecular formula is C17H26N2O. The van der Waals surface area contributed by atoms with Gasteiger partial charge in [-0.2, -0.15) is 0 Å². The summed E-state index contributed by atoms with van der Waals surface area (Å²) in [5.41, 5.74) is 7.36. The highest BCUT2D eigenvalue weighted by Gasteiger charge is 2.34. The van der Waals surface area contributed by atoms with Crippen molar-refractivity contribution in [2.24, 2.45) is 11.7 Å². The van der Waals surface area contributed by atoms with Crippen molar-refractivity contribution >= 4 is 5.91 Å². The Morgan fingerprint density at radius 3 is 2.50 bits per heavy atom. The van der Waals surface area contributed by atoms with Crippen LogP contribution in [0.1, 0.15) is 38.7 Å². The van der Waals surface area contributed by atoms with Crippen LogP contribution in [-0.2, 0) is 11.2 Å². The van der Waals surface area contributed by atoms with Gasteiger partial charge in [0, 0.05) is 12.6 Å². The Kier molecular flexibility index (Phi) is 5.18. The first-order valence-corrected chi connectivity index (χ1v) is 7.68. The number of carbonyl (C=O) groups excluding carboxylic acids is 1. The quantitative estimate of drug-likeness (QED) is 0.830. The number of nitrogens with zero attached hydrogens (tertiary/aromatic N) is 1. The molecule has 0 saturated heterocycles. The van der Waals surface area contributed by atoms with E-state index < -0.39 is 0 Å². The second kappa shape index (κ2) is 6.89. The molecule has 1 unspecified atom stereocenters. The van der Waals surface area contributed by atoms with Gasteiger partial charge in [-0.3, -0.25) is 4.79 Å². The zero-order valence-electron chi connectivity index (χ0n) is 12.6. The van der Waals surface area contributed by atoms with Gasteiger partial charge in [0.05, 0.1) is 6.04 Å². The Morgan fingerprint density at radius 1 is 1.30 bits per heavy atom. The third kappa shape index (κ3) is 4.34. The molecule has 0 aliphatic heterocycles. The van der Waals surface area contributed by atoms with E-state index in [0.29, 0.717) is 12.0 Å². The number of nitrogens with two attached hydrogens (primary N) is 1. The van der Waals surface area contributed by atoms with E-state index >= 15 is 0 Å². The van der Waals surface area contributed by atoms with Gasteiger partial charge in [-0.1, -0.05) is 44.2 Å². The van der Waals surface area contributed by atoms with E-state index in [1.165, 1.54) is 5.56 Å². The monoisotopic (exact) mass is 274 g/mol. The number of hydrogen-bond acceptors (Lipinski definition) is 2. The molecule has 0 heterocycles. The molecule has 2 rings (SSSR count). The fraction of sp³-hybridized carbons (Fsp3) is 0.588. The van der Waals surface area contributed by atoms with Gasteiger partial charge < -0.3 is 10.6 Å². The molecule has 1 atom stereocenters. The number of hydrogen-bond donors (Lipinski definition) is 1. The minimum Gasteiger partial charge on any atom is -0.338 e. The third-order valence-electron chi connectivity index (χ3n) is 3.74. The van der Waals surface area contributed by atoms with Gasteiger partial charge in [-0.25, -0.2) is 0 Å². The Balaban J connectivity index is 1.86. The Hall–Kier alpha value is -1.35. The zero-order valence-corrected chi connectivity index (χ0v) is 12.6. The molecule has 1 aliphatic carbocycles. The lowest BCUT2D eigenvalue weighted by molar-refractivity contribution is -0.133. The molecule has 1 aromatic rings. The van der Waals surface area contributed by atoms with Gasteiger partial charge >= 0.3 is 0 Å². The number of carbonyl (C=O) groups is 1. The summed E-state index contributed by atoms with van der Waals surface area (Å²) >= 11 is 0. The first-order chi connectivity index (χ1) is 9.58. The van der Waals surface area contributed by atoms with Crippen molar-refractivity contribution < 1.29 is 4.79 Å². The van der Waals surface area contributed by atoms with Crippen molar-refractivity contribution in [3.63, 3.8) is 0 Å². The predicted octanol–water partition coefficient (Wildman–Crippen LogP) is 2.59. The molecule has 1 fully saturated rings. The maximum Gasteiger partial charge on any atom is 0.239 e. The minimum absolute atomic E-state index is 0.136. The minimum atomic E-state index is -0.366. The summed E-state index contributed by atoms with van der Waals surface area (Å²) in [7, 11) is 0. The number of amides is 1. The molecule has 110 valence electrons. The molecule has 20 heavy (non-hydrogen) atoms. The summed E-state index contributed by atoms with van der Waals surface area (Å²) in [5, 5.41) is 0. The second-order valence-corrected chi connectivity index (χ2v) is 6.25. The van der Waals surface area contributed by atoms with Crippen molar-refractivity contribution in [1.29, 1.82) is 0 Å². The zero-order chi connectivity index (χ0) is 14.5. The van der Waals surface area contributed by atoms with Crippen molar-refractivity contribution in [2.75, 3.05) is 6.54 Å². The lowest BCUT2D eigenvalue weighted by atomic mass is 10.0. The molecule has 3 heteroatoms. The summed E-state index contributed by atoms with van der Waals surface area (Å²) in [6.45, 7) is 5.14. The molecular weight excluding hydrogens is 248 g/mol. The molecule has 0 bridgehead atoms. The van der Waals surface area contributed by atoms with Gasteiger partial charge in [0.1, 0.15) is 0 Å². The average molecular weight is 274 g/mol. The van der Waals surface area contributed by atoms with Crippen LogP contribution >= 0.6 is 0 Å². The summed E-state index contributed by atoms with van der Waals surface area (Å²) in [6, 6.07) is 10.3. The molecule has 1 aliphatic rings. The fourth-order valence-corrected chi connectivity index (χ4v) is 2.50. The first-order valence-electron chi connectivity index (χ1n) is 7.68. The van der Waals surface area contributed by atoms with E-state index in [9.17, 15) is 4.79 Å². The normalized spacial score (nSPS) is 16.2. The summed E-state index contributed by atoms with van der Waals surface area (Å²) < 4.78 is 0. The largest absolute Gasteiger partial charge is 0.338 e. The second-order valence-electron chi connectivity index (χ2n) is 6.25. The summed E-state index contributed by atoms with van der Waals surface area (Å²) in [4.78, 5) is 14.5. The standard InChI is InChI=1S/C17H26N2O/c1-13(2)12-19(15-9-10-15)17(20)16(18)11-8-14-6-4-3-5-7-14/h3-7,13,15-16H,8-12,18H2,1-2H3. The van der Waals surface area contributed by atoms with Crippen molar-refractivity contribution in [1.82, 2.24) is 4.90 Å². The van der Waals surface area contributed by atoms with E-state index in [0.717, 1.165) is 32.2 Å². The lowest BCUT2D eigenvalue weighted by Gasteiger charge is -2.27. The van der Waals surface area contributed by atoms with E-state index in [-0.39, 0.29) is 11.9 Å². The molecule has 1 aromatic carbocycles. The van der Waals surface area contributed by atoms with Gasteiger partial charge in [0.2, 0.25) is 5.91 Å². The van der Waals surface area contributed by atoms with Crippen molar-refractivity contribution in [3.8, 4) is 0 Å². The molecule has 2 N–H and O–H groups in total. The van der Waals surface area contributed by atoms with Crippen LogP contribution in [0.15, 0.2) is 30.3 Å². The Labute approximate surface area is 122 Å². The van der Waals surface area contributed by atoms with Gasteiger partial charge in [0.15, 0.2) is 0 Å². The molecule has 3 nitrogen and oxygen atoms in total. The summed E-state index contributed by atoms with van der Waals surface area (Å²) in [5.74, 6) is 0.637. The molecule has 0 spiro atoms. The maximum absolute atomic E-state index is 12.5. The van der Waals surface area contributed by atoms with Crippen LogP contribution < -0.4 is 5.73 Å². The van der Waals surface area contributed by atoms with Crippen LogP contribution in [-0.4, -0.2) is 29.4 Å². The van der Waals surface area contributed by atoms with E-state index in [1.54, 1.807) is 0 Å². The molecule has 0 radical (unpaired) electrons. The van der Waals surface area contributed by atoms with Gasteiger partial charge in [0.25, 0.3) is 0 Å². The highest BCUT2D eigenvalue weighted by molar-refractivity contribution is 5.82. The van der Waals surface area contributed by atoms with E-state index in [2.05, 4.69) is 26.0 Å². The predicted molar refractivity (Wildman–Crippen MR) is 82.3 cm³/mol. The lowest BCUT2D eigenvalue weighted by Crippen LogP contribution is -2.46.